The zero-order valence-corrected chi connectivity index (χ0v) is 10.7. The second-order valence-electron chi connectivity index (χ2n) is 5.21. The minimum atomic E-state index is 0.674. The van der Waals surface area contributed by atoms with Gasteiger partial charge in [-0.3, -0.25) is 0 Å². The number of hydrogen-bond donors (Lipinski definition) is 1. The zero-order chi connectivity index (χ0) is 12.4. The van der Waals surface area contributed by atoms with E-state index < -0.39 is 0 Å². The van der Waals surface area contributed by atoms with Crippen LogP contribution in [0.5, 0.6) is 0 Å². The summed E-state index contributed by atoms with van der Waals surface area (Å²) in [6, 6.07) is 14.7. The molecular formula is C16H19NO. The minimum Gasteiger partial charge on any atom is -0.464 e. The molecule has 18 heavy (non-hydrogen) atoms. The molecule has 1 fully saturated rings. The third kappa shape index (κ3) is 2.65. The Kier molecular flexibility index (Phi) is 3.20. The summed E-state index contributed by atoms with van der Waals surface area (Å²) in [7, 11) is 0. The molecule has 2 unspecified atom stereocenters. The predicted octanol–water partition coefficient (Wildman–Crippen LogP) is 3.69. The highest BCUT2D eigenvalue weighted by Gasteiger charge is 2.36. The first-order valence-electron chi connectivity index (χ1n) is 6.66. The Labute approximate surface area is 108 Å². The standard InChI is InChI=1S/C16H19NO/c1-12-9-15(12)16-8-7-14(18-16)11-17-10-13-5-3-2-4-6-13/h2-8,12,15,17H,9-11H2,1H3. The maximum atomic E-state index is 5.85. The van der Waals surface area contributed by atoms with Crippen LogP contribution in [0.4, 0.5) is 0 Å². The molecule has 0 bridgehead atoms. The van der Waals surface area contributed by atoms with Gasteiger partial charge in [0.25, 0.3) is 0 Å². The van der Waals surface area contributed by atoms with E-state index in [2.05, 4.69) is 48.6 Å². The van der Waals surface area contributed by atoms with Gasteiger partial charge in [-0.2, -0.15) is 0 Å². The molecule has 1 aromatic heterocycles. The fourth-order valence-electron chi connectivity index (χ4n) is 2.33. The number of hydrogen-bond acceptors (Lipinski definition) is 2. The van der Waals surface area contributed by atoms with E-state index in [0.717, 1.165) is 24.8 Å². The number of benzene rings is 1. The van der Waals surface area contributed by atoms with Crippen LogP contribution in [0.1, 0.15) is 36.3 Å². The molecule has 1 heterocycles. The first kappa shape index (κ1) is 11.5. The molecule has 0 amide bonds. The first-order valence-corrected chi connectivity index (χ1v) is 6.66. The van der Waals surface area contributed by atoms with Crippen molar-refractivity contribution in [1.82, 2.24) is 5.32 Å². The first-order chi connectivity index (χ1) is 8.83. The Morgan fingerprint density at radius 1 is 1.11 bits per heavy atom. The molecule has 0 spiro atoms. The second-order valence-corrected chi connectivity index (χ2v) is 5.21. The van der Waals surface area contributed by atoms with E-state index in [4.69, 9.17) is 4.42 Å². The molecule has 0 aliphatic heterocycles. The molecule has 1 aromatic carbocycles. The van der Waals surface area contributed by atoms with E-state index in [1.807, 2.05) is 6.07 Å². The Morgan fingerprint density at radius 2 is 1.89 bits per heavy atom. The highest BCUT2D eigenvalue weighted by molar-refractivity contribution is 5.18. The quantitative estimate of drug-likeness (QED) is 0.863. The molecule has 94 valence electrons. The van der Waals surface area contributed by atoms with Crippen molar-refractivity contribution < 1.29 is 4.42 Å². The van der Waals surface area contributed by atoms with Crippen LogP contribution in [0.3, 0.4) is 0 Å². The van der Waals surface area contributed by atoms with Crippen molar-refractivity contribution in [2.45, 2.75) is 32.4 Å². The van der Waals surface area contributed by atoms with Gasteiger partial charge in [0.2, 0.25) is 0 Å². The van der Waals surface area contributed by atoms with Crippen molar-refractivity contribution in [2.75, 3.05) is 0 Å². The highest BCUT2D eigenvalue weighted by Crippen LogP contribution is 2.47. The van der Waals surface area contributed by atoms with Crippen LogP contribution in [0.2, 0.25) is 0 Å². The smallest absolute Gasteiger partial charge is 0.117 e. The molecule has 0 saturated heterocycles. The largest absolute Gasteiger partial charge is 0.464 e. The number of nitrogens with one attached hydrogen (secondary N) is 1. The molecular weight excluding hydrogens is 222 g/mol. The van der Waals surface area contributed by atoms with Gasteiger partial charge < -0.3 is 9.73 Å². The SMILES string of the molecule is CC1CC1c1ccc(CNCc2ccccc2)o1. The average molecular weight is 241 g/mol. The van der Waals surface area contributed by atoms with E-state index in [1.165, 1.54) is 17.7 Å². The van der Waals surface area contributed by atoms with E-state index in [-0.39, 0.29) is 0 Å². The Hall–Kier alpha value is -1.54. The van der Waals surface area contributed by atoms with Crippen LogP contribution in [-0.2, 0) is 13.1 Å². The van der Waals surface area contributed by atoms with E-state index in [0.29, 0.717) is 5.92 Å². The van der Waals surface area contributed by atoms with Crippen LogP contribution < -0.4 is 5.32 Å². The van der Waals surface area contributed by atoms with Crippen molar-refractivity contribution in [1.29, 1.82) is 0 Å². The summed E-state index contributed by atoms with van der Waals surface area (Å²) in [6.07, 6.45) is 1.28. The number of rotatable bonds is 5. The summed E-state index contributed by atoms with van der Waals surface area (Å²) < 4.78 is 5.85. The lowest BCUT2D eigenvalue weighted by Gasteiger charge is -2.02. The van der Waals surface area contributed by atoms with Crippen LogP contribution in [-0.4, -0.2) is 0 Å². The van der Waals surface area contributed by atoms with E-state index in [9.17, 15) is 0 Å². The fourth-order valence-corrected chi connectivity index (χ4v) is 2.33. The van der Waals surface area contributed by atoms with Crippen LogP contribution in [0.25, 0.3) is 0 Å². The highest BCUT2D eigenvalue weighted by atomic mass is 16.3. The lowest BCUT2D eigenvalue weighted by atomic mass is 10.2. The average Bonchev–Trinajstić information content (AvgIpc) is 2.94. The topological polar surface area (TPSA) is 25.2 Å². The monoisotopic (exact) mass is 241 g/mol. The molecule has 3 rings (SSSR count). The van der Waals surface area contributed by atoms with Gasteiger partial charge >= 0.3 is 0 Å². The van der Waals surface area contributed by atoms with Gasteiger partial charge in [0.05, 0.1) is 6.54 Å². The minimum absolute atomic E-state index is 0.674. The van der Waals surface area contributed by atoms with Crippen molar-refractivity contribution in [3.8, 4) is 0 Å². The Morgan fingerprint density at radius 3 is 2.61 bits per heavy atom. The molecule has 1 aliphatic rings. The van der Waals surface area contributed by atoms with Gasteiger partial charge in [0, 0.05) is 12.5 Å². The summed E-state index contributed by atoms with van der Waals surface area (Å²) in [5.41, 5.74) is 1.31. The zero-order valence-electron chi connectivity index (χ0n) is 10.7. The van der Waals surface area contributed by atoms with E-state index in [1.54, 1.807) is 0 Å². The van der Waals surface area contributed by atoms with Crippen molar-refractivity contribution in [2.24, 2.45) is 5.92 Å². The molecule has 2 atom stereocenters. The van der Waals surface area contributed by atoms with Crippen molar-refractivity contribution in [3.05, 3.63) is 59.5 Å². The van der Waals surface area contributed by atoms with Crippen LogP contribution >= 0.6 is 0 Å². The third-order valence-corrected chi connectivity index (χ3v) is 3.63. The summed E-state index contributed by atoms with van der Waals surface area (Å²) in [4.78, 5) is 0. The summed E-state index contributed by atoms with van der Waals surface area (Å²) in [6.45, 7) is 3.97. The number of furan rings is 1. The van der Waals surface area contributed by atoms with Crippen LogP contribution in [0.15, 0.2) is 46.9 Å². The van der Waals surface area contributed by atoms with Gasteiger partial charge in [-0.25, -0.2) is 0 Å². The van der Waals surface area contributed by atoms with Gasteiger partial charge in [-0.05, 0) is 30.0 Å². The molecule has 1 aliphatic carbocycles. The third-order valence-electron chi connectivity index (χ3n) is 3.63. The lowest BCUT2D eigenvalue weighted by Crippen LogP contribution is -2.11. The summed E-state index contributed by atoms with van der Waals surface area (Å²) >= 11 is 0. The molecule has 2 heteroatoms. The summed E-state index contributed by atoms with van der Waals surface area (Å²) in [5, 5.41) is 3.41. The second kappa shape index (κ2) is 4.99. The Bertz CT molecular complexity index is 503. The summed E-state index contributed by atoms with van der Waals surface area (Å²) in [5.74, 6) is 3.69. The maximum absolute atomic E-state index is 5.85. The molecule has 2 nitrogen and oxygen atoms in total. The molecule has 2 aromatic rings. The predicted molar refractivity (Wildman–Crippen MR) is 72.2 cm³/mol. The van der Waals surface area contributed by atoms with Gasteiger partial charge in [0.1, 0.15) is 11.5 Å². The van der Waals surface area contributed by atoms with E-state index >= 15 is 0 Å². The van der Waals surface area contributed by atoms with Gasteiger partial charge in [-0.1, -0.05) is 37.3 Å². The van der Waals surface area contributed by atoms with Crippen LogP contribution in [0, 0.1) is 5.92 Å². The maximum Gasteiger partial charge on any atom is 0.117 e. The molecule has 1 saturated carbocycles. The molecule has 1 N–H and O–H groups in total. The van der Waals surface area contributed by atoms with Gasteiger partial charge in [-0.15, -0.1) is 0 Å². The lowest BCUT2D eigenvalue weighted by molar-refractivity contribution is 0.444. The Balaban J connectivity index is 1.50. The van der Waals surface area contributed by atoms with Gasteiger partial charge in [0.15, 0.2) is 0 Å². The normalized spacial score (nSPS) is 22.1. The van der Waals surface area contributed by atoms with Crippen molar-refractivity contribution in [3.63, 3.8) is 0 Å². The fraction of sp³-hybridized carbons (Fsp3) is 0.375. The van der Waals surface area contributed by atoms with Crippen molar-refractivity contribution >= 4 is 0 Å². The molecule has 0 radical (unpaired) electrons.